The summed E-state index contributed by atoms with van der Waals surface area (Å²) in [5.74, 6) is -1.07. The van der Waals surface area contributed by atoms with Crippen molar-refractivity contribution in [3.63, 3.8) is 0 Å². The highest BCUT2D eigenvalue weighted by Crippen LogP contribution is 2.44. The van der Waals surface area contributed by atoms with Gasteiger partial charge in [-0.2, -0.15) is 0 Å². The fourth-order valence-corrected chi connectivity index (χ4v) is 5.62. The second-order valence-corrected chi connectivity index (χ2v) is 9.81. The van der Waals surface area contributed by atoms with E-state index in [1.54, 1.807) is 13.1 Å². The molecule has 2 aliphatic rings. The summed E-state index contributed by atoms with van der Waals surface area (Å²) in [5.41, 5.74) is 1.02. The summed E-state index contributed by atoms with van der Waals surface area (Å²) >= 11 is 0. The highest BCUT2D eigenvalue weighted by atomic mass is 32.2. The maximum absolute atomic E-state index is 12.2. The van der Waals surface area contributed by atoms with Crippen LogP contribution in [0.15, 0.2) is 36.5 Å². The third-order valence-corrected chi connectivity index (χ3v) is 7.70. The van der Waals surface area contributed by atoms with Crippen molar-refractivity contribution in [1.82, 2.24) is 14.2 Å². The van der Waals surface area contributed by atoms with Crippen LogP contribution in [0.25, 0.3) is 10.9 Å². The number of carbonyl (C=O) groups is 1. The van der Waals surface area contributed by atoms with E-state index in [2.05, 4.69) is 16.0 Å². The summed E-state index contributed by atoms with van der Waals surface area (Å²) in [6.07, 6.45) is 1.76. The van der Waals surface area contributed by atoms with Crippen molar-refractivity contribution in [1.29, 1.82) is 0 Å². The zero-order valence-electron chi connectivity index (χ0n) is 15.2. The SMILES string of the molecule is CCS(=O)(=O)N1C[C@@H]2CN(Cc3ccc4ncccc4c3)C[C@]2(C(=O)O)C1. The van der Waals surface area contributed by atoms with Crippen LogP contribution in [-0.2, 0) is 21.4 Å². The number of aliphatic carboxylic acids is 1. The average molecular weight is 389 g/mol. The molecule has 3 heterocycles. The minimum Gasteiger partial charge on any atom is -0.481 e. The second-order valence-electron chi connectivity index (χ2n) is 7.55. The molecule has 4 rings (SSSR count). The van der Waals surface area contributed by atoms with Gasteiger partial charge in [0.05, 0.1) is 16.7 Å². The molecule has 1 aromatic carbocycles. The van der Waals surface area contributed by atoms with Gasteiger partial charge in [-0.15, -0.1) is 0 Å². The summed E-state index contributed by atoms with van der Waals surface area (Å²) in [5, 5.41) is 11.0. The zero-order chi connectivity index (χ0) is 19.2. The number of benzene rings is 1. The highest BCUT2D eigenvalue weighted by Gasteiger charge is 2.59. The van der Waals surface area contributed by atoms with E-state index in [9.17, 15) is 18.3 Å². The quantitative estimate of drug-likeness (QED) is 0.831. The van der Waals surface area contributed by atoms with Crippen molar-refractivity contribution >= 4 is 26.9 Å². The van der Waals surface area contributed by atoms with Crippen molar-refractivity contribution in [3.05, 3.63) is 42.1 Å². The van der Waals surface area contributed by atoms with Crippen molar-refractivity contribution in [3.8, 4) is 0 Å². The first-order valence-electron chi connectivity index (χ1n) is 9.11. The van der Waals surface area contributed by atoms with Crippen LogP contribution in [-0.4, -0.2) is 65.6 Å². The average Bonchev–Trinajstić information content (AvgIpc) is 3.17. The van der Waals surface area contributed by atoms with Gasteiger partial charge in [-0.1, -0.05) is 12.1 Å². The summed E-state index contributed by atoms with van der Waals surface area (Å²) in [6, 6.07) is 9.98. The fraction of sp³-hybridized carbons (Fsp3) is 0.474. The van der Waals surface area contributed by atoms with Gasteiger partial charge in [-0.25, -0.2) is 12.7 Å². The van der Waals surface area contributed by atoms with Gasteiger partial charge in [0.2, 0.25) is 10.0 Å². The van der Waals surface area contributed by atoms with Gasteiger partial charge in [0, 0.05) is 50.2 Å². The lowest BCUT2D eigenvalue weighted by atomic mass is 9.81. The Morgan fingerprint density at radius 1 is 1.30 bits per heavy atom. The number of hydrogen-bond acceptors (Lipinski definition) is 5. The molecule has 8 heteroatoms. The largest absolute Gasteiger partial charge is 0.481 e. The van der Waals surface area contributed by atoms with Gasteiger partial charge >= 0.3 is 5.97 Å². The van der Waals surface area contributed by atoms with Gasteiger partial charge in [0.15, 0.2) is 0 Å². The number of aromatic nitrogens is 1. The third-order valence-electron chi connectivity index (χ3n) is 5.91. The van der Waals surface area contributed by atoms with Crippen LogP contribution >= 0.6 is 0 Å². The van der Waals surface area contributed by atoms with Crippen molar-refractivity contribution in [2.24, 2.45) is 11.3 Å². The monoisotopic (exact) mass is 389 g/mol. The summed E-state index contributed by atoms with van der Waals surface area (Å²) in [4.78, 5) is 18.5. The molecule has 0 amide bonds. The van der Waals surface area contributed by atoms with E-state index < -0.39 is 21.4 Å². The first-order valence-corrected chi connectivity index (χ1v) is 10.7. The topological polar surface area (TPSA) is 90.8 Å². The lowest BCUT2D eigenvalue weighted by Gasteiger charge is -2.25. The van der Waals surface area contributed by atoms with Gasteiger partial charge in [-0.05, 0) is 30.7 Å². The molecule has 0 radical (unpaired) electrons. The molecular weight excluding hydrogens is 366 g/mol. The molecule has 0 unspecified atom stereocenters. The Balaban J connectivity index is 1.54. The molecule has 2 aromatic rings. The Morgan fingerprint density at radius 3 is 2.81 bits per heavy atom. The molecule has 144 valence electrons. The summed E-state index contributed by atoms with van der Waals surface area (Å²) < 4.78 is 25.8. The first kappa shape index (κ1) is 18.3. The second kappa shape index (κ2) is 6.54. The number of carboxylic acids is 1. The van der Waals surface area contributed by atoms with E-state index >= 15 is 0 Å². The number of hydrogen-bond donors (Lipinski definition) is 1. The van der Waals surface area contributed by atoms with Gasteiger partial charge in [0.1, 0.15) is 0 Å². The normalized spacial score (nSPS) is 26.5. The number of fused-ring (bicyclic) bond motifs is 2. The number of nitrogens with zero attached hydrogens (tertiary/aromatic N) is 3. The maximum Gasteiger partial charge on any atom is 0.312 e. The molecule has 2 aliphatic heterocycles. The molecule has 2 saturated heterocycles. The van der Waals surface area contributed by atoms with Crippen LogP contribution in [0.5, 0.6) is 0 Å². The van der Waals surface area contributed by atoms with Crippen LogP contribution < -0.4 is 0 Å². The fourth-order valence-electron chi connectivity index (χ4n) is 4.42. The summed E-state index contributed by atoms with van der Waals surface area (Å²) in [7, 11) is -3.37. The standard InChI is InChI=1S/C19H23N3O4S/c1-2-27(25,26)22-11-16-10-21(12-19(16,13-22)18(23)24)9-14-5-6-17-15(8-14)4-3-7-20-17/h3-8,16H,2,9-13H2,1H3,(H,23,24)/t16-,19-/m0/s1. The van der Waals surface area contributed by atoms with Crippen molar-refractivity contribution < 1.29 is 18.3 Å². The highest BCUT2D eigenvalue weighted by molar-refractivity contribution is 7.89. The summed E-state index contributed by atoms with van der Waals surface area (Å²) in [6.45, 7) is 3.57. The van der Waals surface area contributed by atoms with Crippen LogP contribution in [0.2, 0.25) is 0 Å². The van der Waals surface area contributed by atoms with Gasteiger partial charge in [0.25, 0.3) is 0 Å². The number of carboxylic acid groups (broad SMARTS) is 1. The molecular formula is C19H23N3O4S. The van der Waals surface area contributed by atoms with E-state index in [0.29, 0.717) is 26.2 Å². The van der Waals surface area contributed by atoms with E-state index in [1.807, 2.05) is 24.3 Å². The zero-order valence-corrected chi connectivity index (χ0v) is 16.0. The molecule has 0 bridgehead atoms. The van der Waals surface area contributed by atoms with Crippen LogP contribution in [0.4, 0.5) is 0 Å². The molecule has 1 N–H and O–H groups in total. The van der Waals surface area contributed by atoms with E-state index in [1.165, 1.54) is 4.31 Å². The van der Waals surface area contributed by atoms with Crippen molar-refractivity contribution in [2.75, 3.05) is 31.9 Å². The Morgan fingerprint density at radius 2 is 2.11 bits per heavy atom. The van der Waals surface area contributed by atoms with E-state index in [0.717, 1.165) is 16.5 Å². The van der Waals surface area contributed by atoms with Crippen molar-refractivity contribution in [2.45, 2.75) is 13.5 Å². The number of rotatable bonds is 5. The lowest BCUT2D eigenvalue weighted by molar-refractivity contribution is -0.148. The van der Waals surface area contributed by atoms with Gasteiger partial charge < -0.3 is 5.11 Å². The number of sulfonamides is 1. The lowest BCUT2D eigenvalue weighted by Crippen LogP contribution is -2.42. The first-order chi connectivity index (χ1) is 12.8. The molecule has 2 atom stereocenters. The molecule has 0 spiro atoms. The molecule has 1 aromatic heterocycles. The third kappa shape index (κ3) is 3.11. The van der Waals surface area contributed by atoms with E-state index in [4.69, 9.17) is 0 Å². The smallest absolute Gasteiger partial charge is 0.312 e. The predicted octanol–water partition coefficient (Wildman–Crippen LogP) is 1.40. The van der Waals surface area contributed by atoms with Crippen LogP contribution in [0.1, 0.15) is 12.5 Å². The molecule has 27 heavy (non-hydrogen) atoms. The molecule has 2 fully saturated rings. The van der Waals surface area contributed by atoms with E-state index in [-0.39, 0.29) is 18.2 Å². The Hall–Kier alpha value is -2.03. The Kier molecular flexibility index (Phi) is 4.44. The molecule has 7 nitrogen and oxygen atoms in total. The minimum absolute atomic E-state index is 0.00422. The number of pyridine rings is 1. The Labute approximate surface area is 158 Å². The number of likely N-dealkylation sites (tertiary alicyclic amines) is 1. The maximum atomic E-state index is 12.2. The minimum atomic E-state index is -3.37. The van der Waals surface area contributed by atoms with Crippen LogP contribution in [0.3, 0.4) is 0 Å². The predicted molar refractivity (Wildman–Crippen MR) is 102 cm³/mol. The molecule has 0 aliphatic carbocycles. The van der Waals surface area contributed by atoms with Crippen LogP contribution in [0, 0.1) is 11.3 Å². The Bertz CT molecular complexity index is 993. The molecule has 0 saturated carbocycles. The van der Waals surface area contributed by atoms with Gasteiger partial charge in [-0.3, -0.25) is 14.7 Å².